The van der Waals surface area contributed by atoms with Crippen LogP contribution < -0.4 is 11.1 Å². The highest BCUT2D eigenvalue weighted by Gasteiger charge is 2.42. The summed E-state index contributed by atoms with van der Waals surface area (Å²) in [5, 5.41) is 6.83. The fourth-order valence-electron chi connectivity index (χ4n) is 2.82. The molecule has 26 heavy (non-hydrogen) atoms. The van der Waals surface area contributed by atoms with E-state index in [-0.39, 0.29) is 17.7 Å². The molecular formula is C20H20N4O2. The molecule has 2 heterocycles. The minimum Gasteiger partial charge on any atom is -0.384 e. The number of nitrogen functional groups attached to an aromatic ring is 1. The largest absolute Gasteiger partial charge is 0.384 e. The molecule has 1 aromatic carbocycles. The van der Waals surface area contributed by atoms with Gasteiger partial charge in [-0.25, -0.2) is 4.98 Å². The van der Waals surface area contributed by atoms with Crippen LogP contribution in [0.3, 0.4) is 0 Å². The van der Waals surface area contributed by atoms with Gasteiger partial charge in [0.2, 0.25) is 11.8 Å². The van der Waals surface area contributed by atoms with Crippen LogP contribution in [-0.2, 0) is 16.6 Å². The molecule has 0 unspecified atom stereocenters. The van der Waals surface area contributed by atoms with E-state index in [9.17, 15) is 4.79 Å². The lowest BCUT2D eigenvalue weighted by Crippen LogP contribution is -2.13. The molecule has 0 saturated heterocycles. The lowest BCUT2D eigenvalue weighted by Gasteiger charge is -2.05. The number of anilines is 2. The Hall–Kier alpha value is -3.15. The van der Waals surface area contributed by atoms with Crippen LogP contribution >= 0.6 is 0 Å². The van der Waals surface area contributed by atoms with Crippen LogP contribution in [0, 0.1) is 0 Å². The van der Waals surface area contributed by atoms with E-state index < -0.39 is 0 Å². The maximum Gasteiger partial charge on any atom is 0.231 e. The van der Waals surface area contributed by atoms with Crippen molar-refractivity contribution in [3.63, 3.8) is 0 Å². The van der Waals surface area contributed by atoms with Crippen LogP contribution in [-0.4, -0.2) is 16.0 Å². The minimum absolute atomic E-state index is 0.124. The molecule has 0 atom stereocenters. The second-order valence-electron chi connectivity index (χ2n) is 7.03. The van der Waals surface area contributed by atoms with Crippen molar-refractivity contribution in [2.45, 2.75) is 31.6 Å². The maximum absolute atomic E-state index is 12.2. The second kappa shape index (κ2) is 6.29. The first-order valence-electron chi connectivity index (χ1n) is 8.60. The molecule has 1 amide bonds. The van der Waals surface area contributed by atoms with Gasteiger partial charge in [0.15, 0.2) is 0 Å². The fourth-order valence-corrected chi connectivity index (χ4v) is 2.82. The van der Waals surface area contributed by atoms with Gasteiger partial charge in [0.05, 0.1) is 12.1 Å². The standard InChI is InChI=1S/C20H20N4O2/c1-20(8-9-20)16-11-19(26-24-16)23-18(25)10-13-2-4-14(5-3-13)15-6-7-17(21)22-12-15/h2-7,11-12H,8-10H2,1H3,(H2,21,22)(H,23,25). The number of aromatic nitrogens is 2. The van der Waals surface area contributed by atoms with Gasteiger partial charge in [-0.15, -0.1) is 0 Å². The molecule has 1 aliphatic carbocycles. The van der Waals surface area contributed by atoms with Crippen molar-refractivity contribution in [2.24, 2.45) is 0 Å². The highest BCUT2D eigenvalue weighted by Crippen LogP contribution is 2.47. The van der Waals surface area contributed by atoms with E-state index in [0.717, 1.165) is 35.2 Å². The zero-order valence-corrected chi connectivity index (χ0v) is 14.5. The molecule has 3 N–H and O–H groups in total. The van der Waals surface area contributed by atoms with Gasteiger partial charge in [0.25, 0.3) is 0 Å². The predicted octanol–water partition coefficient (Wildman–Crippen LogP) is 3.55. The summed E-state index contributed by atoms with van der Waals surface area (Å²) < 4.78 is 5.23. The molecule has 132 valence electrons. The van der Waals surface area contributed by atoms with Gasteiger partial charge in [-0.05, 0) is 36.1 Å². The fraction of sp³-hybridized carbons (Fsp3) is 0.250. The van der Waals surface area contributed by atoms with Crippen LogP contribution in [0.4, 0.5) is 11.7 Å². The first-order chi connectivity index (χ1) is 12.5. The summed E-state index contributed by atoms with van der Waals surface area (Å²) in [6, 6.07) is 13.3. The Bertz CT molecular complexity index is 925. The van der Waals surface area contributed by atoms with Crippen LogP contribution in [0.2, 0.25) is 0 Å². The molecule has 1 saturated carbocycles. The van der Waals surface area contributed by atoms with Gasteiger partial charge in [0, 0.05) is 23.2 Å². The highest BCUT2D eigenvalue weighted by atomic mass is 16.5. The summed E-state index contributed by atoms with van der Waals surface area (Å²) in [6.07, 6.45) is 4.23. The molecule has 0 aliphatic heterocycles. The number of amides is 1. The van der Waals surface area contributed by atoms with Crippen molar-refractivity contribution < 1.29 is 9.32 Å². The van der Waals surface area contributed by atoms with Gasteiger partial charge < -0.3 is 10.3 Å². The number of pyridine rings is 1. The second-order valence-corrected chi connectivity index (χ2v) is 7.03. The van der Waals surface area contributed by atoms with E-state index in [1.165, 1.54) is 0 Å². The summed E-state index contributed by atoms with van der Waals surface area (Å²) in [5.74, 6) is 0.770. The van der Waals surface area contributed by atoms with Crippen LogP contribution in [0.15, 0.2) is 53.2 Å². The summed E-state index contributed by atoms with van der Waals surface area (Å²) >= 11 is 0. The Morgan fingerprint density at radius 2 is 1.92 bits per heavy atom. The lowest BCUT2D eigenvalue weighted by atomic mass is 10.0. The molecule has 0 spiro atoms. The Kier molecular flexibility index (Phi) is 3.95. The van der Waals surface area contributed by atoms with Crippen molar-refractivity contribution >= 4 is 17.6 Å². The number of hydrogen-bond donors (Lipinski definition) is 2. The quantitative estimate of drug-likeness (QED) is 0.735. The normalized spacial score (nSPS) is 14.8. The minimum atomic E-state index is -0.129. The molecule has 1 aliphatic rings. The number of benzene rings is 1. The van der Waals surface area contributed by atoms with Crippen molar-refractivity contribution in [3.8, 4) is 11.1 Å². The zero-order valence-electron chi connectivity index (χ0n) is 14.5. The van der Waals surface area contributed by atoms with E-state index >= 15 is 0 Å². The number of nitrogens with two attached hydrogens (primary N) is 1. The SMILES string of the molecule is CC1(c2cc(NC(=O)Cc3ccc(-c4ccc(N)nc4)cc3)on2)CC1. The lowest BCUT2D eigenvalue weighted by molar-refractivity contribution is -0.115. The van der Waals surface area contributed by atoms with Crippen LogP contribution in [0.5, 0.6) is 0 Å². The molecular weight excluding hydrogens is 328 g/mol. The third kappa shape index (κ3) is 3.44. The number of carbonyl (C=O) groups excluding carboxylic acids is 1. The molecule has 0 radical (unpaired) electrons. The third-order valence-corrected chi connectivity index (χ3v) is 4.83. The van der Waals surface area contributed by atoms with Crippen LogP contribution in [0.25, 0.3) is 11.1 Å². The van der Waals surface area contributed by atoms with Gasteiger partial charge >= 0.3 is 0 Å². The van der Waals surface area contributed by atoms with Gasteiger partial charge in [-0.3, -0.25) is 10.1 Å². The summed E-state index contributed by atoms with van der Waals surface area (Å²) in [4.78, 5) is 16.3. The first kappa shape index (κ1) is 16.3. The van der Waals surface area contributed by atoms with E-state index in [1.807, 2.05) is 36.4 Å². The summed E-state index contributed by atoms with van der Waals surface area (Å²) in [5.41, 5.74) is 9.57. The molecule has 2 aromatic heterocycles. The predicted molar refractivity (Wildman–Crippen MR) is 99.5 cm³/mol. The van der Waals surface area contributed by atoms with E-state index in [4.69, 9.17) is 10.3 Å². The number of carbonyl (C=O) groups is 1. The average Bonchev–Trinajstić information content (AvgIpc) is 3.20. The van der Waals surface area contributed by atoms with Gasteiger partial charge in [-0.2, -0.15) is 0 Å². The molecule has 4 rings (SSSR count). The summed E-state index contributed by atoms with van der Waals surface area (Å²) in [7, 11) is 0. The first-order valence-corrected chi connectivity index (χ1v) is 8.60. The highest BCUT2D eigenvalue weighted by molar-refractivity contribution is 5.91. The molecule has 3 aromatic rings. The Labute approximate surface area is 151 Å². The topological polar surface area (TPSA) is 94.0 Å². The zero-order chi connectivity index (χ0) is 18.1. The number of nitrogens with zero attached hydrogens (tertiary/aromatic N) is 2. The maximum atomic E-state index is 12.2. The third-order valence-electron chi connectivity index (χ3n) is 4.83. The molecule has 6 heteroatoms. The van der Waals surface area contributed by atoms with Crippen molar-refractivity contribution in [1.82, 2.24) is 10.1 Å². The summed E-state index contributed by atoms with van der Waals surface area (Å²) in [6.45, 7) is 2.15. The van der Waals surface area contributed by atoms with Gasteiger partial charge in [0.1, 0.15) is 5.82 Å². The molecule has 0 bridgehead atoms. The van der Waals surface area contributed by atoms with E-state index in [0.29, 0.717) is 11.7 Å². The van der Waals surface area contributed by atoms with Crippen molar-refractivity contribution in [3.05, 3.63) is 59.9 Å². The van der Waals surface area contributed by atoms with E-state index in [1.54, 1.807) is 12.3 Å². The Balaban J connectivity index is 1.38. The molecule has 1 fully saturated rings. The van der Waals surface area contributed by atoms with Gasteiger partial charge in [-0.1, -0.05) is 36.3 Å². The van der Waals surface area contributed by atoms with Crippen LogP contribution in [0.1, 0.15) is 31.0 Å². The van der Waals surface area contributed by atoms with Crippen molar-refractivity contribution in [1.29, 1.82) is 0 Å². The van der Waals surface area contributed by atoms with Crippen molar-refractivity contribution in [2.75, 3.05) is 11.1 Å². The Morgan fingerprint density at radius 1 is 1.19 bits per heavy atom. The number of rotatable bonds is 5. The monoisotopic (exact) mass is 348 g/mol. The van der Waals surface area contributed by atoms with E-state index in [2.05, 4.69) is 22.4 Å². The Morgan fingerprint density at radius 3 is 2.58 bits per heavy atom. The number of hydrogen-bond acceptors (Lipinski definition) is 5. The smallest absolute Gasteiger partial charge is 0.231 e. The molecule has 6 nitrogen and oxygen atoms in total. The number of nitrogens with one attached hydrogen (secondary N) is 1. The average molecular weight is 348 g/mol.